The van der Waals surface area contributed by atoms with Crippen LogP contribution in [0, 0.1) is 17.8 Å². The van der Waals surface area contributed by atoms with Crippen LogP contribution >= 0.6 is 0 Å². The van der Waals surface area contributed by atoms with Crippen molar-refractivity contribution in [3.8, 4) is 0 Å². The summed E-state index contributed by atoms with van der Waals surface area (Å²) in [4.78, 5) is 11.4. The Morgan fingerprint density at radius 3 is 2.35 bits per heavy atom. The van der Waals surface area contributed by atoms with Crippen molar-refractivity contribution in [1.82, 2.24) is 0 Å². The second kappa shape index (κ2) is 4.56. The molecule has 5 nitrogen and oxygen atoms in total. The molecule has 0 spiro atoms. The molecule has 4 saturated carbocycles. The smallest absolute Gasteiger partial charge is 0.330 e. The topological polar surface area (TPSA) is 69.7 Å². The van der Waals surface area contributed by atoms with Gasteiger partial charge in [0.15, 0.2) is 0 Å². The number of ether oxygens (including phenoxy) is 1. The van der Waals surface area contributed by atoms with Crippen molar-refractivity contribution >= 4 is 16.1 Å². The molecule has 4 aliphatic rings. The fourth-order valence-electron chi connectivity index (χ4n) is 4.70. The normalized spacial score (nSPS) is 42.5. The molecule has 0 aromatic heterocycles. The quantitative estimate of drug-likeness (QED) is 0.448. The van der Waals surface area contributed by atoms with E-state index in [2.05, 4.69) is 6.58 Å². The predicted molar refractivity (Wildman–Crippen MR) is 72.3 cm³/mol. The molecule has 2 unspecified atom stereocenters. The van der Waals surface area contributed by atoms with E-state index in [9.17, 15) is 13.2 Å². The Morgan fingerprint density at radius 1 is 1.25 bits per heavy atom. The first-order valence-electron chi connectivity index (χ1n) is 7.04. The lowest BCUT2D eigenvalue weighted by Gasteiger charge is -2.58. The van der Waals surface area contributed by atoms with Crippen LogP contribution in [0.5, 0.6) is 0 Å². The van der Waals surface area contributed by atoms with Gasteiger partial charge in [-0.1, -0.05) is 6.58 Å². The molecule has 0 aliphatic heterocycles. The summed E-state index contributed by atoms with van der Waals surface area (Å²) in [6.07, 6.45) is 6.35. The van der Waals surface area contributed by atoms with E-state index < -0.39 is 15.7 Å². The monoisotopic (exact) mass is 300 g/mol. The van der Waals surface area contributed by atoms with E-state index in [-0.39, 0.29) is 23.9 Å². The zero-order valence-corrected chi connectivity index (χ0v) is 12.4. The molecule has 20 heavy (non-hydrogen) atoms. The Hall–Kier alpha value is -0.880. The van der Waals surface area contributed by atoms with Gasteiger partial charge in [-0.2, -0.15) is 8.42 Å². The van der Waals surface area contributed by atoms with Crippen molar-refractivity contribution in [2.75, 3.05) is 6.26 Å². The first kappa shape index (κ1) is 14.1. The molecule has 0 saturated heterocycles. The van der Waals surface area contributed by atoms with Gasteiger partial charge in [-0.15, -0.1) is 0 Å². The van der Waals surface area contributed by atoms with Crippen LogP contribution in [0.3, 0.4) is 0 Å². The van der Waals surface area contributed by atoms with Gasteiger partial charge in [-0.05, 0) is 49.9 Å². The SMILES string of the molecule is C=CC(=O)OC1C2CC3CC1CC(OS(C)(=O)=O)(C3)C2. The fourth-order valence-corrected chi connectivity index (χ4v) is 5.55. The lowest BCUT2D eigenvalue weighted by molar-refractivity contribution is -0.187. The highest BCUT2D eigenvalue weighted by atomic mass is 32.2. The fraction of sp³-hybridized carbons (Fsp3) is 0.786. The number of carbonyl (C=O) groups is 1. The lowest BCUT2D eigenvalue weighted by atomic mass is 9.53. The van der Waals surface area contributed by atoms with Crippen molar-refractivity contribution in [3.63, 3.8) is 0 Å². The third kappa shape index (κ3) is 2.51. The van der Waals surface area contributed by atoms with Gasteiger partial charge in [0.1, 0.15) is 6.10 Å². The molecule has 4 bridgehead atoms. The largest absolute Gasteiger partial charge is 0.459 e. The van der Waals surface area contributed by atoms with E-state index in [0.717, 1.165) is 25.5 Å². The summed E-state index contributed by atoms with van der Waals surface area (Å²) in [5, 5.41) is 0. The highest BCUT2D eigenvalue weighted by molar-refractivity contribution is 7.86. The second-order valence-corrected chi connectivity index (χ2v) is 8.12. The number of carbonyl (C=O) groups excluding carboxylic acids is 1. The third-order valence-electron chi connectivity index (χ3n) is 4.88. The minimum atomic E-state index is -3.46. The van der Waals surface area contributed by atoms with E-state index in [4.69, 9.17) is 8.92 Å². The molecule has 0 aromatic carbocycles. The number of esters is 1. The van der Waals surface area contributed by atoms with Crippen LogP contribution in [0.2, 0.25) is 0 Å². The molecule has 6 heteroatoms. The standard InChI is InChI=1S/C14H20O5S/c1-3-12(15)18-13-10-4-9-5-11(13)8-14(6-9,7-10)19-20(2,16)17/h3,9-11,13H,1,4-8H2,2H3. The van der Waals surface area contributed by atoms with Crippen molar-refractivity contribution in [2.45, 2.75) is 43.8 Å². The lowest BCUT2D eigenvalue weighted by Crippen LogP contribution is -2.59. The van der Waals surface area contributed by atoms with Crippen molar-refractivity contribution in [1.29, 1.82) is 0 Å². The Kier molecular flexibility index (Phi) is 3.21. The maximum atomic E-state index is 11.5. The molecule has 4 aliphatic carbocycles. The van der Waals surface area contributed by atoms with E-state index in [1.54, 1.807) is 0 Å². The van der Waals surface area contributed by atoms with Gasteiger partial charge in [0, 0.05) is 6.08 Å². The highest BCUT2D eigenvalue weighted by Crippen LogP contribution is 2.58. The molecule has 0 radical (unpaired) electrons. The Labute approximate surface area is 119 Å². The molecular weight excluding hydrogens is 280 g/mol. The summed E-state index contributed by atoms with van der Waals surface area (Å²) in [5.74, 6) is 0.535. The maximum absolute atomic E-state index is 11.5. The van der Waals surface area contributed by atoms with E-state index in [0.29, 0.717) is 18.8 Å². The van der Waals surface area contributed by atoms with E-state index >= 15 is 0 Å². The van der Waals surface area contributed by atoms with Crippen LogP contribution in [0.1, 0.15) is 32.1 Å². The summed E-state index contributed by atoms with van der Waals surface area (Å²) in [7, 11) is -3.46. The summed E-state index contributed by atoms with van der Waals surface area (Å²) in [6.45, 7) is 3.43. The highest BCUT2D eigenvalue weighted by Gasteiger charge is 2.58. The number of hydrogen-bond donors (Lipinski definition) is 0. The van der Waals surface area contributed by atoms with Crippen molar-refractivity contribution < 1.29 is 22.1 Å². The first-order chi connectivity index (χ1) is 9.30. The van der Waals surface area contributed by atoms with Crippen molar-refractivity contribution in [3.05, 3.63) is 12.7 Å². The molecule has 4 fully saturated rings. The molecule has 2 atom stereocenters. The van der Waals surface area contributed by atoms with Crippen LogP contribution in [0.15, 0.2) is 12.7 Å². The zero-order valence-electron chi connectivity index (χ0n) is 11.6. The number of rotatable bonds is 4. The van der Waals surface area contributed by atoms with Gasteiger partial charge in [0.2, 0.25) is 0 Å². The molecule has 0 amide bonds. The van der Waals surface area contributed by atoms with Crippen LogP contribution in [0.4, 0.5) is 0 Å². The molecule has 0 N–H and O–H groups in total. The van der Waals surface area contributed by atoms with Gasteiger partial charge >= 0.3 is 5.97 Å². The summed E-state index contributed by atoms with van der Waals surface area (Å²) < 4.78 is 33.9. The van der Waals surface area contributed by atoms with Crippen molar-refractivity contribution in [2.24, 2.45) is 17.8 Å². The number of hydrogen-bond acceptors (Lipinski definition) is 5. The molecule has 4 rings (SSSR count). The van der Waals surface area contributed by atoms with Crippen LogP contribution < -0.4 is 0 Å². The average Bonchev–Trinajstić information content (AvgIpc) is 2.29. The minimum absolute atomic E-state index is 0.103. The maximum Gasteiger partial charge on any atom is 0.330 e. The predicted octanol–water partition coefficient (Wildman–Crippen LogP) is 1.64. The van der Waals surface area contributed by atoms with Crippen LogP contribution in [0.25, 0.3) is 0 Å². The van der Waals surface area contributed by atoms with Gasteiger partial charge in [-0.25, -0.2) is 4.79 Å². The summed E-state index contributed by atoms with van der Waals surface area (Å²) in [5.41, 5.74) is -0.554. The Bertz CT molecular complexity index is 522. The summed E-state index contributed by atoms with van der Waals surface area (Å²) >= 11 is 0. The summed E-state index contributed by atoms with van der Waals surface area (Å²) in [6, 6.07) is 0. The molecule has 0 heterocycles. The van der Waals surface area contributed by atoms with Gasteiger partial charge in [-0.3, -0.25) is 4.18 Å². The molecule has 112 valence electrons. The van der Waals surface area contributed by atoms with E-state index in [1.807, 2.05) is 0 Å². The zero-order chi connectivity index (χ0) is 14.5. The van der Waals surface area contributed by atoms with E-state index in [1.165, 1.54) is 6.08 Å². The molecular formula is C14H20O5S. The second-order valence-electron chi connectivity index (χ2n) is 6.55. The Morgan fingerprint density at radius 2 is 1.85 bits per heavy atom. The van der Waals surface area contributed by atoms with Crippen LogP contribution in [-0.4, -0.2) is 32.3 Å². The Balaban J connectivity index is 1.80. The molecule has 0 aromatic rings. The minimum Gasteiger partial charge on any atom is -0.459 e. The van der Waals surface area contributed by atoms with Gasteiger partial charge in [0.05, 0.1) is 11.9 Å². The third-order valence-corrected chi connectivity index (χ3v) is 5.53. The van der Waals surface area contributed by atoms with Gasteiger partial charge in [0.25, 0.3) is 10.1 Å². The van der Waals surface area contributed by atoms with Gasteiger partial charge < -0.3 is 4.74 Å². The van der Waals surface area contributed by atoms with Crippen LogP contribution in [-0.2, 0) is 23.8 Å². The first-order valence-corrected chi connectivity index (χ1v) is 8.85. The average molecular weight is 300 g/mol.